The van der Waals surface area contributed by atoms with Gasteiger partial charge in [-0.15, -0.1) is 0 Å². The van der Waals surface area contributed by atoms with Gasteiger partial charge in [0.1, 0.15) is 17.3 Å². The summed E-state index contributed by atoms with van der Waals surface area (Å²) < 4.78 is 19.8. The summed E-state index contributed by atoms with van der Waals surface area (Å²) >= 11 is 0. The molecule has 0 unspecified atom stereocenters. The van der Waals surface area contributed by atoms with Crippen LogP contribution in [0.4, 0.5) is 15.8 Å². The number of methoxy groups -OCH3 is 1. The minimum atomic E-state index is -0.372. The molecular weight excluding hydrogens is 473 g/mol. The molecule has 2 fully saturated rings. The van der Waals surface area contributed by atoms with Crippen molar-refractivity contribution in [2.24, 2.45) is 0 Å². The molecule has 0 saturated carbocycles. The lowest BCUT2D eigenvalue weighted by Gasteiger charge is -2.44. The summed E-state index contributed by atoms with van der Waals surface area (Å²) in [7, 11) is 1.66. The molecule has 0 spiro atoms. The van der Waals surface area contributed by atoms with Crippen LogP contribution >= 0.6 is 0 Å². The van der Waals surface area contributed by atoms with Crippen LogP contribution in [0.3, 0.4) is 0 Å². The second-order valence-electron chi connectivity index (χ2n) is 9.83. The van der Waals surface area contributed by atoms with Gasteiger partial charge in [0.2, 0.25) is 5.56 Å². The maximum Gasteiger partial charge on any atom is 0.248 e. The average Bonchev–Trinajstić information content (AvgIpc) is 2.93. The third kappa shape index (κ3) is 4.44. The van der Waals surface area contributed by atoms with Crippen molar-refractivity contribution < 1.29 is 14.2 Å². The predicted octanol–water partition coefficient (Wildman–Crippen LogP) is 3.72. The number of fused-ring (bicyclic) bond motifs is 2. The lowest BCUT2D eigenvalue weighted by atomic mass is 10.0. The van der Waals surface area contributed by atoms with Crippen LogP contribution in [0.5, 0.6) is 11.5 Å². The lowest BCUT2D eigenvalue weighted by molar-refractivity contribution is 0.160. The molecule has 2 aromatic carbocycles. The summed E-state index contributed by atoms with van der Waals surface area (Å²) in [5.74, 6) is 0.375. The van der Waals surface area contributed by atoms with E-state index in [0.29, 0.717) is 16.9 Å². The highest BCUT2D eigenvalue weighted by Crippen LogP contribution is 2.33. The second-order valence-corrected chi connectivity index (χ2v) is 9.83. The average molecular weight is 504 g/mol. The molecule has 4 heterocycles. The van der Waals surface area contributed by atoms with Crippen molar-refractivity contribution in [1.82, 2.24) is 14.9 Å². The van der Waals surface area contributed by atoms with Crippen LogP contribution in [0, 0.1) is 5.82 Å². The number of H-pyrrole nitrogens is 1. The highest BCUT2D eigenvalue weighted by molar-refractivity contribution is 5.93. The molecule has 0 atom stereocenters. The van der Waals surface area contributed by atoms with Gasteiger partial charge in [-0.2, -0.15) is 0 Å². The number of aromatic nitrogens is 2. The van der Waals surface area contributed by atoms with E-state index in [1.165, 1.54) is 18.3 Å². The third-order valence-corrected chi connectivity index (χ3v) is 7.76. The summed E-state index contributed by atoms with van der Waals surface area (Å²) in [6, 6.07) is 12.5. The molecule has 2 aromatic heterocycles. The van der Waals surface area contributed by atoms with Gasteiger partial charge in [0.25, 0.3) is 0 Å². The minimum Gasteiger partial charge on any atom is -0.506 e. The van der Waals surface area contributed by atoms with E-state index in [4.69, 9.17) is 4.74 Å². The van der Waals surface area contributed by atoms with Gasteiger partial charge in [-0.05, 0) is 43.2 Å². The number of hydrogen-bond donors (Lipinski definition) is 2. The SMILES string of the molecule is COc1cc(N2CCN(C3CCN(c4ccc(F)c5cc(O)cnc45)CC3)CC2)c2[nH]c(=O)ccc2c1. The molecule has 6 rings (SSSR count). The number of rotatable bonds is 4. The van der Waals surface area contributed by atoms with Gasteiger partial charge in [-0.25, -0.2) is 4.39 Å². The van der Waals surface area contributed by atoms with Crippen LogP contribution in [-0.2, 0) is 0 Å². The molecule has 0 radical (unpaired) electrons. The zero-order chi connectivity index (χ0) is 25.5. The minimum absolute atomic E-state index is 0.0327. The van der Waals surface area contributed by atoms with Gasteiger partial charge in [0, 0.05) is 68.2 Å². The van der Waals surface area contributed by atoms with E-state index in [2.05, 4.69) is 24.7 Å². The summed E-state index contributed by atoms with van der Waals surface area (Å²) in [6.45, 7) is 5.37. The monoisotopic (exact) mass is 503 g/mol. The van der Waals surface area contributed by atoms with Crippen LogP contribution in [0.2, 0.25) is 0 Å². The Morgan fingerprint density at radius 3 is 2.49 bits per heavy atom. The molecule has 2 saturated heterocycles. The molecule has 192 valence electrons. The normalized spacial score (nSPS) is 17.6. The molecule has 37 heavy (non-hydrogen) atoms. The maximum absolute atomic E-state index is 14.3. The Labute approximate surface area is 213 Å². The highest BCUT2D eigenvalue weighted by Gasteiger charge is 2.29. The molecule has 0 amide bonds. The molecular formula is C28H30FN5O3. The first kappa shape index (κ1) is 23.5. The van der Waals surface area contributed by atoms with Crippen LogP contribution in [0.15, 0.2) is 53.5 Å². The van der Waals surface area contributed by atoms with Crippen molar-refractivity contribution in [3.8, 4) is 11.5 Å². The lowest BCUT2D eigenvalue weighted by Crippen LogP contribution is -2.53. The van der Waals surface area contributed by atoms with E-state index in [9.17, 15) is 14.3 Å². The van der Waals surface area contributed by atoms with Gasteiger partial charge in [0.05, 0.1) is 35.7 Å². The van der Waals surface area contributed by atoms with Crippen LogP contribution in [0.25, 0.3) is 21.8 Å². The van der Waals surface area contributed by atoms with Gasteiger partial charge < -0.3 is 24.6 Å². The zero-order valence-electron chi connectivity index (χ0n) is 20.8. The topological polar surface area (TPSA) is 84.9 Å². The first-order valence-corrected chi connectivity index (χ1v) is 12.7. The van der Waals surface area contributed by atoms with Crippen LogP contribution in [0.1, 0.15) is 12.8 Å². The molecule has 4 aromatic rings. The Morgan fingerprint density at radius 1 is 0.973 bits per heavy atom. The Morgan fingerprint density at radius 2 is 1.73 bits per heavy atom. The van der Waals surface area contributed by atoms with Gasteiger partial charge in [-0.3, -0.25) is 14.7 Å². The number of piperazine rings is 1. The standard InChI is InChI=1S/C28H30FN5O3/c1-37-21-14-18-2-5-26(36)31-27(18)25(16-21)34-12-10-32(11-13-34)19-6-8-33(9-7-19)24-4-3-23(29)22-15-20(35)17-30-28(22)24/h2-5,14-17,19,35H,6-13H2,1H3,(H,31,36). The highest BCUT2D eigenvalue weighted by atomic mass is 19.1. The van der Waals surface area contributed by atoms with Crippen molar-refractivity contribution in [2.75, 3.05) is 56.2 Å². The fourth-order valence-electron chi connectivity index (χ4n) is 5.80. The van der Waals surface area contributed by atoms with Crippen molar-refractivity contribution in [3.63, 3.8) is 0 Å². The fraction of sp³-hybridized carbons (Fsp3) is 0.357. The van der Waals surface area contributed by atoms with E-state index in [1.54, 1.807) is 19.2 Å². The van der Waals surface area contributed by atoms with E-state index in [0.717, 1.165) is 80.1 Å². The summed E-state index contributed by atoms with van der Waals surface area (Å²) in [5.41, 5.74) is 3.25. The molecule has 8 nitrogen and oxygen atoms in total. The number of nitrogens with one attached hydrogen (secondary N) is 1. The molecule has 0 bridgehead atoms. The molecule has 2 aliphatic rings. The third-order valence-electron chi connectivity index (χ3n) is 7.76. The number of piperidine rings is 1. The van der Waals surface area contributed by atoms with Crippen molar-refractivity contribution in [3.05, 3.63) is 64.8 Å². The molecule has 0 aliphatic carbocycles. The quantitative estimate of drug-likeness (QED) is 0.439. The van der Waals surface area contributed by atoms with Gasteiger partial charge >= 0.3 is 0 Å². The first-order chi connectivity index (χ1) is 18.0. The number of anilines is 2. The van der Waals surface area contributed by atoms with E-state index >= 15 is 0 Å². The smallest absolute Gasteiger partial charge is 0.248 e. The number of halogens is 1. The largest absolute Gasteiger partial charge is 0.506 e. The summed E-state index contributed by atoms with van der Waals surface area (Å²) in [4.78, 5) is 26.5. The summed E-state index contributed by atoms with van der Waals surface area (Å²) in [5, 5.41) is 11.1. The van der Waals surface area contributed by atoms with Crippen molar-refractivity contribution in [2.45, 2.75) is 18.9 Å². The maximum atomic E-state index is 14.3. The number of nitrogens with zero attached hydrogens (tertiary/aromatic N) is 4. The predicted molar refractivity (Wildman–Crippen MR) is 144 cm³/mol. The first-order valence-electron chi connectivity index (χ1n) is 12.7. The molecule has 2 aliphatic heterocycles. The van der Waals surface area contributed by atoms with Crippen molar-refractivity contribution in [1.29, 1.82) is 0 Å². The summed E-state index contributed by atoms with van der Waals surface area (Å²) in [6.07, 6.45) is 3.41. The zero-order valence-corrected chi connectivity index (χ0v) is 20.8. The Kier molecular flexibility index (Phi) is 6.08. The van der Waals surface area contributed by atoms with Crippen molar-refractivity contribution >= 4 is 33.2 Å². The van der Waals surface area contributed by atoms with Gasteiger partial charge in [0.15, 0.2) is 0 Å². The number of pyridine rings is 2. The van der Waals surface area contributed by atoms with Gasteiger partial charge in [-0.1, -0.05) is 0 Å². The van der Waals surface area contributed by atoms with E-state index in [1.807, 2.05) is 18.2 Å². The molecule has 9 heteroatoms. The number of aromatic hydroxyl groups is 1. The van der Waals surface area contributed by atoms with E-state index in [-0.39, 0.29) is 17.1 Å². The number of ether oxygens (including phenoxy) is 1. The number of aromatic amines is 1. The van der Waals surface area contributed by atoms with E-state index < -0.39 is 0 Å². The Hall–Kier alpha value is -3.85. The Bertz CT molecular complexity index is 1510. The number of hydrogen-bond acceptors (Lipinski definition) is 7. The number of benzene rings is 2. The van der Waals surface area contributed by atoms with Crippen LogP contribution < -0.4 is 20.1 Å². The second kappa shape index (κ2) is 9.55. The molecule has 2 N–H and O–H groups in total. The Balaban J connectivity index is 1.13. The fourth-order valence-corrected chi connectivity index (χ4v) is 5.80. The van der Waals surface area contributed by atoms with Crippen LogP contribution in [-0.4, -0.2) is 72.4 Å².